The van der Waals surface area contributed by atoms with E-state index < -0.39 is 6.10 Å². The van der Waals surface area contributed by atoms with Crippen LogP contribution in [-0.4, -0.2) is 58.5 Å². The number of carbonyl (C=O) groups excluding carboxylic acids is 1. The number of H-pyrrole nitrogens is 1. The maximum atomic E-state index is 12.4. The Balaban J connectivity index is 1.80. The van der Waals surface area contributed by atoms with Crippen molar-refractivity contribution in [2.24, 2.45) is 0 Å². The second-order valence-corrected chi connectivity index (χ2v) is 4.86. The fraction of sp³-hybridized carbons (Fsp3) is 0.667. The normalized spacial score (nSPS) is 23.8. The number of nitrogens with zero attached hydrogens (tertiary/aromatic N) is 2. The van der Waals surface area contributed by atoms with Gasteiger partial charge >= 0.3 is 0 Å². The number of carbonyl (C=O) groups is 1. The van der Waals surface area contributed by atoms with Crippen molar-refractivity contribution in [2.75, 3.05) is 26.3 Å². The monoisotopic (exact) mass is 251 g/mol. The first-order chi connectivity index (χ1) is 8.75. The van der Waals surface area contributed by atoms with Crippen LogP contribution in [-0.2, 0) is 17.6 Å². The number of rotatable bonds is 1. The molecule has 1 aromatic heterocycles. The highest BCUT2D eigenvalue weighted by Gasteiger charge is 2.28. The molecular weight excluding hydrogens is 234 g/mol. The van der Waals surface area contributed by atoms with E-state index >= 15 is 0 Å². The van der Waals surface area contributed by atoms with Crippen molar-refractivity contribution in [3.63, 3.8) is 0 Å². The van der Waals surface area contributed by atoms with E-state index in [1.54, 1.807) is 4.90 Å². The number of fused-ring (bicyclic) bond motifs is 1. The molecule has 1 aromatic rings. The number of aromatic amines is 1. The predicted molar refractivity (Wildman–Crippen MR) is 63.3 cm³/mol. The molecule has 18 heavy (non-hydrogen) atoms. The molecular formula is C12H17N3O3. The van der Waals surface area contributed by atoms with Crippen LogP contribution < -0.4 is 0 Å². The first kappa shape index (κ1) is 11.7. The molecule has 1 atom stereocenters. The Kier molecular flexibility index (Phi) is 3.05. The topological polar surface area (TPSA) is 78.5 Å². The standard InChI is InChI=1S/C12H17N3O3/c16-8-6-15(4-5-18-7-8)12(17)11-9-2-1-3-10(9)13-14-11/h8,16H,1-7H2,(H,13,14)/t8-/m0/s1. The number of amides is 1. The summed E-state index contributed by atoms with van der Waals surface area (Å²) in [5.41, 5.74) is 2.67. The highest BCUT2D eigenvalue weighted by molar-refractivity contribution is 5.94. The first-order valence-corrected chi connectivity index (χ1v) is 6.37. The summed E-state index contributed by atoms with van der Waals surface area (Å²) in [7, 11) is 0. The van der Waals surface area contributed by atoms with Gasteiger partial charge in [0.05, 0.1) is 19.3 Å². The zero-order valence-corrected chi connectivity index (χ0v) is 10.2. The van der Waals surface area contributed by atoms with Crippen LogP contribution in [0.15, 0.2) is 0 Å². The van der Waals surface area contributed by atoms with Crippen LogP contribution in [0.25, 0.3) is 0 Å². The van der Waals surface area contributed by atoms with E-state index in [4.69, 9.17) is 4.74 Å². The van der Waals surface area contributed by atoms with Gasteiger partial charge in [-0.1, -0.05) is 0 Å². The summed E-state index contributed by atoms with van der Waals surface area (Å²) >= 11 is 0. The Morgan fingerprint density at radius 3 is 3.28 bits per heavy atom. The average molecular weight is 251 g/mol. The Hall–Kier alpha value is -1.40. The molecule has 2 N–H and O–H groups in total. The minimum Gasteiger partial charge on any atom is -0.389 e. The molecule has 0 unspecified atom stereocenters. The van der Waals surface area contributed by atoms with Crippen molar-refractivity contribution < 1.29 is 14.6 Å². The first-order valence-electron chi connectivity index (χ1n) is 6.37. The van der Waals surface area contributed by atoms with Crippen molar-refractivity contribution in [1.29, 1.82) is 0 Å². The molecule has 0 aromatic carbocycles. The predicted octanol–water partition coefficient (Wildman–Crippen LogP) is -0.268. The van der Waals surface area contributed by atoms with Crippen molar-refractivity contribution in [1.82, 2.24) is 15.1 Å². The van der Waals surface area contributed by atoms with Crippen LogP contribution >= 0.6 is 0 Å². The van der Waals surface area contributed by atoms with E-state index in [9.17, 15) is 9.90 Å². The van der Waals surface area contributed by atoms with Crippen molar-refractivity contribution in [3.05, 3.63) is 17.0 Å². The molecule has 0 radical (unpaired) electrons. The second-order valence-electron chi connectivity index (χ2n) is 4.86. The molecule has 1 amide bonds. The Bertz CT molecular complexity index is 457. The quantitative estimate of drug-likeness (QED) is 0.720. The molecule has 2 heterocycles. The van der Waals surface area contributed by atoms with Gasteiger partial charge in [0, 0.05) is 24.3 Å². The number of aryl methyl sites for hydroxylation is 1. The van der Waals surface area contributed by atoms with Gasteiger partial charge in [-0.15, -0.1) is 0 Å². The number of ether oxygens (including phenoxy) is 1. The van der Waals surface area contributed by atoms with Gasteiger partial charge in [0.25, 0.3) is 5.91 Å². The lowest BCUT2D eigenvalue weighted by Crippen LogP contribution is -2.38. The lowest BCUT2D eigenvalue weighted by Gasteiger charge is -2.20. The van der Waals surface area contributed by atoms with E-state index in [-0.39, 0.29) is 5.91 Å². The van der Waals surface area contributed by atoms with Gasteiger partial charge in [-0.3, -0.25) is 9.89 Å². The van der Waals surface area contributed by atoms with Crippen LogP contribution in [0.4, 0.5) is 0 Å². The fourth-order valence-electron chi connectivity index (χ4n) is 2.62. The number of aromatic nitrogens is 2. The van der Waals surface area contributed by atoms with Crippen LogP contribution in [0.5, 0.6) is 0 Å². The summed E-state index contributed by atoms with van der Waals surface area (Å²) in [6, 6.07) is 0. The maximum Gasteiger partial charge on any atom is 0.274 e. The van der Waals surface area contributed by atoms with Gasteiger partial charge in [-0.25, -0.2) is 0 Å². The molecule has 6 nitrogen and oxygen atoms in total. The number of nitrogens with one attached hydrogen (secondary N) is 1. The fourth-order valence-corrected chi connectivity index (χ4v) is 2.62. The Morgan fingerprint density at radius 1 is 1.50 bits per heavy atom. The van der Waals surface area contributed by atoms with Crippen molar-refractivity contribution in [3.8, 4) is 0 Å². The Labute approximate surface area is 105 Å². The van der Waals surface area contributed by atoms with Crippen LogP contribution in [0.2, 0.25) is 0 Å². The van der Waals surface area contributed by atoms with Crippen LogP contribution in [0, 0.1) is 0 Å². The third-order valence-corrected chi connectivity index (χ3v) is 3.54. The molecule has 3 rings (SSSR count). The zero-order chi connectivity index (χ0) is 12.5. The average Bonchev–Trinajstić information content (AvgIpc) is 2.88. The second kappa shape index (κ2) is 4.70. The molecule has 0 bridgehead atoms. The Morgan fingerprint density at radius 2 is 2.39 bits per heavy atom. The largest absolute Gasteiger partial charge is 0.389 e. The van der Waals surface area contributed by atoms with Crippen LogP contribution in [0.3, 0.4) is 0 Å². The highest BCUT2D eigenvalue weighted by atomic mass is 16.5. The van der Waals surface area contributed by atoms with E-state index in [0.29, 0.717) is 32.0 Å². The minimum absolute atomic E-state index is 0.0982. The van der Waals surface area contributed by atoms with Gasteiger partial charge < -0.3 is 14.7 Å². The number of β-amino-alcohol motifs (C(OH)–C–C–N with tert-alkyl or cyclic N) is 1. The lowest BCUT2D eigenvalue weighted by molar-refractivity contribution is 0.0532. The number of hydrogen-bond acceptors (Lipinski definition) is 4. The summed E-state index contributed by atoms with van der Waals surface area (Å²) in [6.07, 6.45) is 2.36. The number of aliphatic hydroxyl groups is 1. The van der Waals surface area contributed by atoms with E-state index in [0.717, 1.165) is 30.5 Å². The molecule has 0 spiro atoms. The summed E-state index contributed by atoms with van der Waals surface area (Å²) in [5.74, 6) is -0.0982. The third kappa shape index (κ3) is 2.02. The minimum atomic E-state index is -0.608. The summed E-state index contributed by atoms with van der Waals surface area (Å²) in [5, 5.41) is 16.7. The molecule has 1 aliphatic heterocycles. The van der Waals surface area contributed by atoms with Gasteiger partial charge in [0.2, 0.25) is 0 Å². The maximum absolute atomic E-state index is 12.4. The van der Waals surface area contributed by atoms with E-state index in [1.807, 2.05) is 0 Å². The molecule has 1 fully saturated rings. The van der Waals surface area contributed by atoms with Crippen molar-refractivity contribution in [2.45, 2.75) is 25.4 Å². The molecule has 0 saturated carbocycles. The van der Waals surface area contributed by atoms with Crippen molar-refractivity contribution >= 4 is 5.91 Å². The molecule has 98 valence electrons. The highest BCUT2D eigenvalue weighted by Crippen LogP contribution is 2.23. The third-order valence-electron chi connectivity index (χ3n) is 3.54. The zero-order valence-electron chi connectivity index (χ0n) is 10.2. The van der Waals surface area contributed by atoms with E-state index in [2.05, 4.69) is 10.2 Å². The van der Waals surface area contributed by atoms with Gasteiger partial charge in [0.1, 0.15) is 0 Å². The van der Waals surface area contributed by atoms with Gasteiger partial charge in [-0.2, -0.15) is 5.10 Å². The molecule has 6 heteroatoms. The summed E-state index contributed by atoms with van der Waals surface area (Å²) in [6.45, 7) is 1.59. The molecule has 2 aliphatic rings. The molecule has 1 aliphatic carbocycles. The summed E-state index contributed by atoms with van der Waals surface area (Å²) < 4.78 is 5.23. The van der Waals surface area contributed by atoms with Gasteiger partial charge in [0.15, 0.2) is 5.69 Å². The molecule has 1 saturated heterocycles. The smallest absolute Gasteiger partial charge is 0.274 e. The van der Waals surface area contributed by atoms with E-state index in [1.165, 1.54) is 0 Å². The van der Waals surface area contributed by atoms with Crippen LogP contribution in [0.1, 0.15) is 28.2 Å². The van der Waals surface area contributed by atoms with Gasteiger partial charge in [-0.05, 0) is 19.3 Å². The lowest BCUT2D eigenvalue weighted by atomic mass is 10.2. The number of hydrogen-bond donors (Lipinski definition) is 2. The number of aliphatic hydroxyl groups excluding tert-OH is 1. The SMILES string of the molecule is O=C(c1n[nH]c2c1CCC2)N1CCOC[C@@H](O)C1. The summed E-state index contributed by atoms with van der Waals surface area (Å²) in [4.78, 5) is 14.0.